The predicted molar refractivity (Wildman–Crippen MR) is 108 cm³/mol. The van der Waals surface area contributed by atoms with Crippen LogP contribution in [0.3, 0.4) is 0 Å². The summed E-state index contributed by atoms with van der Waals surface area (Å²) in [6.07, 6.45) is 2.95. The van der Waals surface area contributed by atoms with Gasteiger partial charge in [0.1, 0.15) is 11.0 Å². The molecule has 0 aliphatic rings. The van der Waals surface area contributed by atoms with Gasteiger partial charge in [-0.05, 0) is 58.0 Å². The smallest absolute Gasteiger partial charge is 0.247 e. The first kappa shape index (κ1) is 21.6. The lowest BCUT2D eigenvalue weighted by Crippen LogP contribution is -2.42. The largest absolute Gasteiger partial charge is 0.352 e. The maximum absolute atomic E-state index is 13.1. The van der Waals surface area contributed by atoms with Gasteiger partial charge in [-0.3, -0.25) is 9.59 Å². The van der Waals surface area contributed by atoms with Gasteiger partial charge in [0.15, 0.2) is 0 Å². The molecule has 0 atom stereocenters. The molecule has 0 bridgehead atoms. The van der Waals surface area contributed by atoms with Crippen molar-refractivity contribution in [1.29, 1.82) is 0 Å². The second-order valence-electron chi connectivity index (χ2n) is 6.59. The molecule has 0 spiro atoms. The normalized spacial score (nSPS) is 11.2. The first-order valence-electron chi connectivity index (χ1n) is 9.00. The molecular formula is C20H24ClFN4O2. The summed E-state index contributed by atoms with van der Waals surface area (Å²) in [6.45, 7) is 7.68. The van der Waals surface area contributed by atoms with Gasteiger partial charge in [-0.15, -0.1) is 0 Å². The summed E-state index contributed by atoms with van der Waals surface area (Å²) >= 11 is 6.41. The maximum Gasteiger partial charge on any atom is 0.247 e. The number of aryl methyl sites for hydroxylation is 1. The highest BCUT2D eigenvalue weighted by Crippen LogP contribution is 2.25. The molecule has 0 saturated carbocycles. The minimum atomic E-state index is -0.351. The fourth-order valence-electron chi connectivity index (χ4n) is 2.60. The van der Waals surface area contributed by atoms with Crippen molar-refractivity contribution in [2.24, 2.45) is 0 Å². The summed E-state index contributed by atoms with van der Waals surface area (Å²) in [5.74, 6) is -0.862. The van der Waals surface area contributed by atoms with Gasteiger partial charge >= 0.3 is 0 Å². The Balaban J connectivity index is 2.17. The van der Waals surface area contributed by atoms with Gasteiger partial charge in [0.05, 0.1) is 17.9 Å². The van der Waals surface area contributed by atoms with Crippen molar-refractivity contribution in [2.45, 2.75) is 33.7 Å². The van der Waals surface area contributed by atoms with Crippen LogP contribution in [-0.4, -0.2) is 45.6 Å². The molecule has 2 amide bonds. The fourth-order valence-corrected chi connectivity index (χ4v) is 2.94. The first-order chi connectivity index (χ1) is 13.2. The summed E-state index contributed by atoms with van der Waals surface area (Å²) in [5, 5.41) is 7.43. The SMILES string of the molecule is CCN(CC(=O)NC(C)C)C(=O)/C=C/c1c(C)nn(-c2ccc(F)cc2)c1Cl. The highest BCUT2D eigenvalue weighted by molar-refractivity contribution is 6.31. The number of nitrogens with zero attached hydrogens (tertiary/aromatic N) is 3. The van der Waals surface area contributed by atoms with Crippen LogP contribution in [0.2, 0.25) is 5.15 Å². The van der Waals surface area contributed by atoms with Crippen LogP contribution in [0, 0.1) is 12.7 Å². The highest BCUT2D eigenvalue weighted by atomic mass is 35.5. The monoisotopic (exact) mass is 406 g/mol. The van der Waals surface area contributed by atoms with E-state index in [-0.39, 0.29) is 30.2 Å². The number of halogens is 2. The van der Waals surface area contributed by atoms with E-state index in [1.165, 1.54) is 27.8 Å². The van der Waals surface area contributed by atoms with Crippen LogP contribution < -0.4 is 5.32 Å². The van der Waals surface area contributed by atoms with E-state index in [1.807, 2.05) is 13.8 Å². The molecule has 1 heterocycles. The third-order valence-corrected chi connectivity index (χ3v) is 4.35. The van der Waals surface area contributed by atoms with E-state index in [0.717, 1.165) is 0 Å². The van der Waals surface area contributed by atoms with Gasteiger partial charge in [0.25, 0.3) is 0 Å². The Morgan fingerprint density at radius 2 is 1.96 bits per heavy atom. The Hall–Kier alpha value is -2.67. The average molecular weight is 407 g/mol. The lowest BCUT2D eigenvalue weighted by Gasteiger charge is -2.19. The van der Waals surface area contributed by atoms with Gasteiger partial charge in [-0.1, -0.05) is 11.6 Å². The van der Waals surface area contributed by atoms with E-state index in [9.17, 15) is 14.0 Å². The maximum atomic E-state index is 13.1. The third-order valence-electron chi connectivity index (χ3n) is 3.99. The zero-order chi connectivity index (χ0) is 20.8. The number of hydrogen-bond donors (Lipinski definition) is 1. The minimum absolute atomic E-state index is 0.00982. The number of likely N-dealkylation sites (N-methyl/N-ethyl adjacent to an activating group) is 1. The lowest BCUT2D eigenvalue weighted by molar-refractivity contribution is -0.132. The van der Waals surface area contributed by atoms with Crippen molar-refractivity contribution < 1.29 is 14.0 Å². The number of carbonyl (C=O) groups is 2. The number of benzene rings is 1. The van der Waals surface area contributed by atoms with Crippen molar-refractivity contribution in [2.75, 3.05) is 13.1 Å². The number of nitrogens with one attached hydrogen (secondary N) is 1. The Morgan fingerprint density at radius 3 is 2.54 bits per heavy atom. The molecule has 2 rings (SSSR count). The van der Waals surface area contributed by atoms with E-state index in [0.29, 0.717) is 28.6 Å². The van der Waals surface area contributed by atoms with Gasteiger partial charge in [0.2, 0.25) is 11.8 Å². The molecule has 150 valence electrons. The number of carbonyl (C=O) groups excluding carboxylic acids is 2. The second-order valence-corrected chi connectivity index (χ2v) is 6.94. The molecule has 2 aromatic rings. The van der Waals surface area contributed by atoms with E-state index in [1.54, 1.807) is 32.1 Å². The van der Waals surface area contributed by atoms with Gasteiger partial charge < -0.3 is 10.2 Å². The zero-order valence-corrected chi connectivity index (χ0v) is 17.1. The quantitative estimate of drug-likeness (QED) is 0.717. The summed E-state index contributed by atoms with van der Waals surface area (Å²) in [4.78, 5) is 25.8. The molecule has 1 aromatic heterocycles. The zero-order valence-electron chi connectivity index (χ0n) is 16.4. The Labute approximate surface area is 169 Å². The van der Waals surface area contributed by atoms with Gasteiger partial charge in [-0.2, -0.15) is 5.10 Å². The molecule has 28 heavy (non-hydrogen) atoms. The first-order valence-corrected chi connectivity index (χ1v) is 9.38. The molecule has 0 fully saturated rings. The van der Waals surface area contributed by atoms with E-state index >= 15 is 0 Å². The Bertz CT molecular complexity index is 875. The van der Waals surface area contributed by atoms with Crippen LogP contribution in [0.1, 0.15) is 32.0 Å². The predicted octanol–water partition coefficient (Wildman–Crippen LogP) is 3.36. The molecule has 0 saturated heterocycles. The second kappa shape index (κ2) is 9.50. The minimum Gasteiger partial charge on any atom is -0.352 e. The van der Waals surface area contributed by atoms with Crippen LogP contribution >= 0.6 is 11.6 Å². The summed E-state index contributed by atoms with van der Waals surface area (Å²) in [6, 6.07) is 5.79. The molecule has 1 N–H and O–H groups in total. The van der Waals surface area contributed by atoms with Crippen molar-refractivity contribution in [3.63, 3.8) is 0 Å². The topological polar surface area (TPSA) is 67.2 Å². The van der Waals surface area contributed by atoms with Crippen LogP contribution in [0.5, 0.6) is 0 Å². The van der Waals surface area contributed by atoms with E-state index in [2.05, 4.69) is 10.4 Å². The number of rotatable bonds is 7. The summed E-state index contributed by atoms with van der Waals surface area (Å²) in [5.41, 5.74) is 1.82. The van der Waals surface area contributed by atoms with Crippen LogP contribution in [-0.2, 0) is 9.59 Å². The van der Waals surface area contributed by atoms with Crippen molar-refractivity contribution in [3.8, 4) is 5.69 Å². The number of hydrogen-bond acceptors (Lipinski definition) is 3. The molecule has 0 aliphatic heterocycles. The molecule has 1 aromatic carbocycles. The van der Waals surface area contributed by atoms with E-state index < -0.39 is 0 Å². The molecule has 0 aliphatic carbocycles. The molecule has 0 unspecified atom stereocenters. The van der Waals surface area contributed by atoms with Crippen LogP contribution in [0.25, 0.3) is 11.8 Å². The van der Waals surface area contributed by atoms with Crippen LogP contribution in [0.15, 0.2) is 30.3 Å². The Morgan fingerprint density at radius 1 is 1.32 bits per heavy atom. The fraction of sp³-hybridized carbons (Fsp3) is 0.350. The van der Waals surface area contributed by atoms with Crippen molar-refractivity contribution >= 4 is 29.5 Å². The van der Waals surface area contributed by atoms with Gasteiger partial charge in [-0.25, -0.2) is 9.07 Å². The lowest BCUT2D eigenvalue weighted by atomic mass is 10.2. The summed E-state index contributed by atoms with van der Waals surface area (Å²) < 4.78 is 14.6. The average Bonchev–Trinajstić information content (AvgIpc) is 2.91. The third kappa shape index (κ3) is 5.42. The van der Waals surface area contributed by atoms with Crippen LogP contribution in [0.4, 0.5) is 4.39 Å². The molecule has 0 radical (unpaired) electrons. The molecule has 6 nitrogen and oxygen atoms in total. The molecule has 8 heteroatoms. The highest BCUT2D eigenvalue weighted by Gasteiger charge is 2.16. The van der Waals surface area contributed by atoms with E-state index in [4.69, 9.17) is 11.6 Å². The van der Waals surface area contributed by atoms with Gasteiger partial charge in [0, 0.05) is 24.2 Å². The number of aromatic nitrogens is 2. The van der Waals surface area contributed by atoms with Crippen molar-refractivity contribution in [1.82, 2.24) is 20.0 Å². The Kier molecular flexibility index (Phi) is 7.34. The standard InChI is InChI=1S/C20H24ClFN4O2/c1-5-25(12-18(27)23-13(2)3)19(28)11-10-17-14(4)24-26(20(17)21)16-8-6-15(22)7-9-16/h6-11,13H,5,12H2,1-4H3,(H,23,27)/b11-10+. The summed E-state index contributed by atoms with van der Waals surface area (Å²) in [7, 11) is 0. The number of amides is 2. The molecular weight excluding hydrogens is 383 g/mol. The van der Waals surface area contributed by atoms with Crippen molar-refractivity contribution in [3.05, 3.63) is 52.6 Å².